The molecule has 0 unspecified atom stereocenters. The molecule has 1 amide bonds. The molecule has 2 N–H and O–H groups in total. The zero-order valence-corrected chi connectivity index (χ0v) is 21.9. The molecule has 5 rings (SSSR count). The third-order valence-electron chi connectivity index (χ3n) is 5.20. The first-order valence-corrected chi connectivity index (χ1v) is 12.4. The number of halogens is 3. The summed E-state index contributed by atoms with van der Waals surface area (Å²) < 4.78 is 11.6. The Balaban J connectivity index is 1.20. The van der Waals surface area contributed by atoms with Gasteiger partial charge in [-0.2, -0.15) is 0 Å². The SMILES string of the molecule is O=C(/C=C/c1ccc(-c2ccc(Cl)cc2Cl)o1)NC(=S)Nc1ccc2oc(-c3ccc(Cl)cc3)nc2c1. The molecule has 37 heavy (non-hydrogen) atoms. The number of nitrogens with one attached hydrogen (secondary N) is 2. The molecule has 0 fully saturated rings. The van der Waals surface area contributed by atoms with Crippen LogP contribution in [0, 0.1) is 0 Å². The number of oxazole rings is 1. The number of nitrogens with zero attached hydrogens (tertiary/aromatic N) is 1. The number of carbonyl (C=O) groups excluding carboxylic acids is 1. The lowest BCUT2D eigenvalue weighted by Crippen LogP contribution is -2.32. The first-order valence-electron chi connectivity index (χ1n) is 10.9. The average Bonchev–Trinajstić information content (AvgIpc) is 3.50. The fraction of sp³-hybridized carbons (Fsp3) is 0. The molecule has 0 aliphatic rings. The lowest BCUT2D eigenvalue weighted by atomic mass is 10.2. The average molecular weight is 569 g/mol. The van der Waals surface area contributed by atoms with Gasteiger partial charge in [0.15, 0.2) is 10.7 Å². The van der Waals surface area contributed by atoms with E-state index in [0.717, 1.165) is 5.56 Å². The molecule has 6 nitrogen and oxygen atoms in total. The highest BCUT2D eigenvalue weighted by molar-refractivity contribution is 7.80. The number of anilines is 1. The number of benzene rings is 3. The van der Waals surface area contributed by atoms with E-state index in [9.17, 15) is 4.79 Å². The van der Waals surface area contributed by atoms with Crippen LogP contribution in [0.25, 0.3) is 40.0 Å². The quantitative estimate of drug-likeness (QED) is 0.164. The molecule has 2 heterocycles. The van der Waals surface area contributed by atoms with Gasteiger partial charge in [0, 0.05) is 32.9 Å². The molecule has 0 saturated carbocycles. The summed E-state index contributed by atoms with van der Waals surface area (Å²) in [5.41, 5.74) is 3.41. The van der Waals surface area contributed by atoms with Gasteiger partial charge in [-0.25, -0.2) is 4.98 Å². The topological polar surface area (TPSA) is 80.3 Å². The largest absolute Gasteiger partial charge is 0.457 e. The molecule has 0 atom stereocenters. The van der Waals surface area contributed by atoms with Gasteiger partial charge < -0.3 is 14.2 Å². The minimum Gasteiger partial charge on any atom is -0.457 e. The van der Waals surface area contributed by atoms with Crippen molar-refractivity contribution in [2.24, 2.45) is 0 Å². The third kappa shape index (κ3) is 6.03. The minimum absolute atomic E-state index is 0.128. The van der Waals surface area contributed by atoms with Gasteiger partial charge in [0.2, 0.25) is 11.8 Å². The van der Waals surface area contributed by atoms with Crippen molar-refractivity contribution in [2.45, 2.75) is 0 Å². The molecule has 0 saturated heterocycles. The summed E-state index contributed by atoms with van der Waals surface area (Å²) in [6.07, 6.45) is 2.85. The molecule has 0 spiro atoms. The molecule has 2 aromatic heterocycles. The van der Waals surface area contributed by atoms with Crippen molar-refractivity contribution in [2.75, 3.05) is 5.32 Å². The van der Waals surface area contributed by atoms with Crippen LogP contribution in [0.4, 0.5) is 5.69 Å². The van der Waals surface area contributed by atoms with Crippen LogP contribution in [0.1, 0.15) is 5.76 Å². The highest BCUT2D eigenvalue weighted by Gasteiger charge is 2.11. The third-order valence-corrected chi connectivity index (χ3v) is 6.20. The van der Waals surface area contributed by atoms with Crippen LogP contribution in [-0.2, 0) is 4.79 Å². The van der Waals surface area contributed by atoms with Crippen molar-refractivity contribution in [1.82, 2.24) is 10.3 Å². The van der Waals surface area contributed by atoms with Gasteiger partial charge in [-0.05, 0) is 91.1 Å². The van der Waals surface area contributed by atoms with Crippen molar-refractivity contribution >= 4 is 80.9 Å². The molecule has 5 aromatic rings. The van der Waals surface area contributed by atoms with Crippen LogP contribution in [0.2, 0.25) is 15.1 Å². The van der Waals surface area contributed by atoms with E-state index in [4.69, 9.17) is 55.9 Å². The molecule has 184 valence electrons. The van der Waals surface area contributed by atoms with Crippen molar-refractivity contribution in [1.29, 1.82) is 0 Å². The van der Waals surface area contributed by atoms with E-state index in [-0.39, 0.29) is 5.11 Å². The van der Waals surface area contributed by atoms with Gasteiger partial charge in [0.25, 0.3) is 0 Å². The summed E-state index contributed by atoms with van der Waals surface area (Å²) in [4.78, 5) is 16.9. The number of hydrogen-bond acceptors (Lipinski definition) is 5. The number of carbonyl (C=O) groups is 1. The van der Waals surface area contributed by atoms with Crippen molar-refractivity contribution < 1.29 is 13.6 Å². The van der Waals surface area contributed by atoms with Crippen molar-refractivity contribution in [3.05, 3.63) is 99.7 Å². The number of amides is 1. The van der Waals surface area contributed by atoms with Crippen molar-refractivity contribution in [3.63, 3.8) is 0 Å². The van der Waals surface area contributed by atoms with Crippen LogP contribution in [0.3, 0.4) is 0 Å². The Hall–Kier alpha value is -3.62. The first kappa shape index (κ1) is 25.0. The van der Waals surface area contributed by atoms with Crippen LogP contribution in [0.5, 0.6) is 0 Å². The fourth-order valence-electron chi connectivity index (χ4n) is 3.47. The first-order chi connectivity index (χ1) is 17.8. The zero-order chi connectivity index (χ0) is 25.9. The van der Waals surface area contributed by atoms with E-state index in [0.29, 0.717) is 54.8 Å². The van der Waals surface area contributed by atoms with E-state index < -0.39 is 5.91 Å². The molecule has 0 bridgehead atoms. The van der Waals surface area contributed by atoms with E-state index in [1.54, 1.807) is 60.7 Å². The highest BCUT2D eigenvalue weighted by atomic mass is 35.5. The molecule has 3 aromatic carbocycles. The normalized spacial score (nSPS) is 11.2. The molecule has 0 radical (unpaired) electrons. The Morgan fingerprint density at radius 3 is 2.46 bits per heavy atom. The van der Waals surface area contributed by atoms with Crippen molar-refractivity contribution in [3.8, 4) is 22.8 Å². The second-order valence-corrected chi connectivity index (χ2v) is 9.50. The molecule has 0 aliphatic heterocycles. The second-order valence-electron chi connectivity index (χ2n) is 7.81. The number of hydrogen-bond donors (Lipinski definition) is 2. The van der Waals surface area contributed by atoms with Gasteiger partial charge in [0.05, 0.1) is 5.02 Å². The maximum Gasteiger partial charge on any atom is 0.250 e. The molecule has 10 heteroatoms. The summed E-state index contributed by atoms with van der Waals surface area (Å²) in [5, 5.41) is 7.33. The van der Waals surface area contributed by atoms with Crippen LogP contribution >= 0.6 is 47.0 Å². The van der Waals surface area contributed by atoms with Gasteiger partial charge >= 0.3 is 0 Å². The summed E-state index contributed by atoms with van der Waals surface area (Å²) in [6, 6.07) is 21.2. The lowest BCUT2D eigenvalue weighted by Gasteiger charge is -2.07. The van der Waals surface area contributed by atoms with Crippen LogP contribution < -0.4 is 10.6 Å². The van der Waals surface area contributed by atoms with E-state index in [1.165, 1.54) is 12.2 Å². The van der Waals surface area contributed by atoms with Gasteiger partial charge in [-0.15, -0.1) is 0 Å². The maximum absolute atomic E-state index is 12.3. The van der Waals surface area contributed by atoms with E-state index in [2.05, 4.69) is 15.6 Å². The van der Waals surface area contributed by atoms with Gasteiger partial charge in [-0.1, -0.05) is 34.8 Å². The molecule has 0 aliphatic carbocycles. The number of furan rings is 1. The van der Waals surface area contributed by atoms with Crippen LogP contribution in [-0.4, -0.2) is 16.0 Å². The predicted molar refractivity (Wildman–Crippen MR) is 152 cm³/mol. The van der Waals surface area contributed by atoms with E-state index >= 15 is 0 Å². The van der Waals surface area contributed by atoms with E-state index in [1.807, 2.05) is 12.1 Å². The number of fused-ring (bicyclic) bond motifs is 1. The summed E-state index contributed by atoms with van der Waals surface area (Å²) in [7, 11) is 0. The second kappa shape index (κ2) is 10.8. The highest BCUT2D eigenvalue weighted by Crippen LogP contribution is 2.32. The number of rotatable bonds is 5. The van der Waals surface area contributed by atoms with Gasteiger partial charge in [0.1, 0.15) is 17.0 Å². The molecular weight excluding hydrogens is 553 g/mol. The Bertz CT molecular complexity index is 1660. The smallest absolute Gasteiger partial charge is 0.250 e. The van der Waals surface area contributed by atoms with Gasteiger partial charge in [-0.3, -0.25) is 10.1 Å². The Morgan fingerprint density at radius 1 is 0.892 bits per heavy atom. The summed E-state index contributed by atoms with van der Waals surface area (Å²) in [6.45, 7) is 0. The zero-order valence-electron chi connectivity index (χ0n) is 18.8. The number of thiocarbonyl (C=S) groups is 1. The molecular formula is C27H16Cl3N3O3S. The summed E-state index contributed by atoms with van der Waals surface area (Å²) >= 11 is 23.4. The maximum atomic E-state index is 12.3. The Labute approximate surface area is 231 Å². The van der Waals surface area contributed by atoms with Crippen LogP contribution in [0.15, 0.2) is 87.7 Å². The fourth-order valence-corrected chi connectivity index (χ4v) is 4.32. The Morgan fingerprint density at radius 2 is 1.68 bits per heavy atom. The number of aromatic nitrogens is 1. The summed E-state index contributed by atoms with van der Waals surface area (Å²) in [5.74, 6) is 1.08. The predicted octanol–water partition coefficient (Wildman–Crippen LogP) is 8.24. The standard InChI is InChI=1S/C27H16Cl3N3O3S/c28-16-3-1-15(2-4-16)26-32-22-14-18(6-10-24(22)36-26)31-27(37)33-25(34)12-8-19-7-11-23(35-19)20-9-5-17(29)13-21(20)30/h1-14H,(H2,31,33,34,37)/b12-8+. The lowest BCUT2D eigenvalue weighted by molar-refractivity contribution is -0.115. The monoisotopic (exact) mass is 567 g/mol. The minimum atomic E-state index is -0.424. The Kier molecular flexibility index (Phi) is 7.30.